The molecule has 0 radical (unpaired) electrons. The van der Waals surface area contributed by atoms with Crippen LogP contribution in [-0.4, -0.2) is 21.3 Å². The van der Waals surface area contributed by atoms with E-state index in [0.29, 0.717) is 12.0 Å². The quantitative estimate of drug-likeness (QED) is 0.668. The minimum absolute atomic E-state index is 0.0181. The number of nitrogens with one attached hydrogen (secondary N) is 1. The number of carbonyl (C=O) groups is 1. The zero-order chi connectivity index (χ0) is 15.6. The van der Waals surface area contributed by atoms with Crippen molar-refractivity contribution in [3.8, 4) is 0 Å². The van der Waals surface area contributed by atoms with Gasteiger partial charge in [0.05, 0.1) is 15.9 Å². The van der Waals surface area contributed by atoms with Crippen molar-refractivity contribution in [3.63, 3.8) is 0 Å². The summed E-state index contributed by atoms with van der Waals surface area (Å²) >= 11 is 0. The van der Waals surface area contributed by atoms with Gasteiger partial charge >= 0.3 is 5.69 Å². The number of hydrazone groups is 1. The third-order valence-electron chi connectivity index (χ3n) is 2.92. The molecule has 1 aromatic rings. The van der Waals surface area contributed by atoms with E-state index in [1.54, 1.807) is 13.0 Å². The van der Waals surface area contributed by atoms with Crippen LogP contribution >= 0.6 is 0 Å². The Morgan fingerprint density at radius 1 is 1.24 bits per heavy atom. The number of rotatable bonds is 4. The Labute approximate surface area is 118 Å². The highest BCUT2D eigenvalue weighted by Gasteiger charge is 2.21. The van der Waals surface area contributed by atoms with Gasteiger partial charge in [0.2, 0.25) is 5.78 Å². The van der Waals surface area contributed by atoms with Crippen LogP contribution in [0.15, 0.2) is 34.9 Å². The largest absolute Gasteiger partial charge is 0.301 e. The average Bonchev–Trinajstić information content (AvgIpc) is 2.76. The summed E-state index contributed by atoms with van der Waals surface area (Å²) in [5, 5.41) is 25.4. The number of ketones is 1. The Morgan fingerprint density at radius 2 is 1.95 bits per heavy atom. The summed E-state index contributed by atoms with van der Waals surface area (Å²) in [6.07, 6.45) is 2.05. The van der Waals surface area contributed by atoms with Gasteiger partial charge in [-0.15, -0.1) is 0 Å². The van der Waals surface area contributed by atoms with Crippen molar-refractivity contribution in [1.82, 2.24) is 0 Å². The summed E-state index contributed by atoms with van der Waals surface area (Å²) in [7, 11) is 0. The molecule has 0 amide bonds. The molecule has 0 unspecified atom stereocenters. The van der Waals surface area contributed by atoms with Gasteiger partial charge in [-0.05, 0) is 18.6 Å². The van der Waals surface area contributed by atoms with Crippen molar-refractivity contribution in [2.24, 2.45) is 5.10 Å². The summed E-state index contributed by atoms with van der Waals surface area (Å²) in [6.45, 7) is 1.65. The Kier molecular flexibility index (Phi) is 3.74. The van der Waals surface area contributed by atoms with Gasteiger partial charge in [0.15, 0.2) is 0 Å². The Hall–Kier alpha value is -3.10. The van der Waals surface area contributed by atoms with Crippen molar-refractivity contribution >= 4 is 28.6 Å². The molecule has 1 aliphatic carbocycles. The van der Waals surface area contributed by atoms with E-state index < -0.39 is 21.2 Å². The number of hydrogen-bond acceptors (Lipinski definition) is 7. The Balaban J connectivity index is 2.29. The number of hydrogen-bond donors (Lipinski definition) is 1. The lowest BCUT2D eigenvalue weighted by Gasteiger charge is -2.03. The predicted octanol–water partition coefficient (Wildman–Crippen LogP) is 2.19. The highest BCUT2D eigenvalue weighted by molar-refractivity contribution is 6.48. The number of carbonyl (C=O) groups excluding carboxylic acids is 1. The molecule has 0 heterocycles. The SMILES string of the molecule is CC1=CCC(=NNc2ccc([N+](=O)[O-])cc2[N+](=O)[O-])C1=O. The van der Waals surface area contributed by atoms with E-state index in [2.05, 4.69) is 10.5 Å². The number of benzene rings is 1. The molecule has 0 aromatic heterocycles. The summed E-state index contributed by atoms with van der Waals surface area (Å²) in [4.78, 5) is 31.7. The summed E-state index contributed by atoms with van der Waals surface area (Å²) < 4.78 is 0. The highest BCUT2D eigenvalue weighted by atomic mass is 16.6. The first-order chi connectivity index (χ1) is 9.90. The van der Waals surface area contributed by atoms with E-state index in [-0.39, 0.29) is 17.2 Å². The lowest BCUT2D eigenvalue weighted by atomic mass is 10.2. The second kappa shape index (κ2) is 5.49. The fourth-order valence-corrected chi connectivity index (χ4v) is 1.77. The topological polar surface area (TPSA) is 128 Å². The van der Waals surface area contributed by atoms with Crippen LogP contribution in [0.5, 0.6) is 0 Å². The van der Waals surface area contributed by atoms with Crippen molar-refractivity contribution < 1.29 is 14.6 Å². The standard InChI is InChI=1S/C12H10N4O5/c1-7-2-4-10(12(7)17)14-13-9-5-3-8(15(18)19)6-11(9)16(20)21/h2-3,5-6,13H,4H2,1H3. The van der Waals surface area contributed by atoms with Crippen LogP contribution in [0, 0.1) is 20.2 Å². The van der Waals surface area contributed by atoms with Gasteiger partial charge in [0.1, 0.15) is 11.4 Å². The molecule has 21 heavy (non-hydrogen) atoms. The van der Waals surface area contributed by atoms with Crippen LogP contribution < -0.4 is 5.43 Å². The van der Waals surface area contributed by atoms with Gasteiger partial charge < -0.3 is 0 Å². The molecule has 0 bridgehead atoms. The van der Waals surface area contributed by atoms with Crippen LogP contribution in [0.25, 0.3) is 0 Å². The van der Waals surface area contributed by atoms with E-state index in [1.165, 1.54) is 6.07 Å². The molecule has 0 aliphatic heterocycles. The molecule has 1 aliphatic rings. The number of non-ortho nitro benzene ring substituents is 1. The lowest BCUT2D eigenvalue weighted by Crippen LogP contribution is -2.10. The molecular weight excluding hydrogens is 280 g/mol. The van der Waals surface area contributed by atoms with E-state index in [4.69, 9.17) is 0 Å². The molecule has 0 atom stereocenters. The van der Waals surface area contributed by atoms with Crippen molar-refractivity contribution in [2.45, 2.75) is 13.3 Å². The second-order valence-corrected chi connectivity index (χ2v) is 4.31. The second-order valence-electron chi connectivity index (χ2n) is 4.31. The molecule has 9 nitrogen and oxygen atoms in total. The number of Topliss-reactive ketones (excluding diaryl/α,β-unsaturated/α-hetero) is 1. The van der Waals surface area contributed by atoms with E-state index in [0.717, 1.165) is 12.1 Å². The number of nitro benzene ring substituents is 2. The maximum absolute atomic E-state index is 11.6. The molecule has 1 aromatic carbocycles. The third-order valence-corrected chi connectivity index (χ3v) is 2.92. The maximum Gasteiger partial charge on any atom is 0.301 e. The van der Waals surface area contributed by atoms with Crippen molar-refractivity contribution in [2.75, 3.05) is 5.43 Å². The van der Waals surface area contributed by atoms with Crippen LogP contribution in [-0.2, 0) is 4.79 Å². The van der Waals surface area contributed by atoms with Gasteiger partial charge in [0.25, 0.3) is 5.69 Å². The molecule has 9 heteroatoms. The minimum atomic E-state index is -0.754. The zero-order valence-electron chi connectivity index (χ0n) is 10.9. The van der Waals surface area contributed by atoms with Crippen LogP contribution in [0.2, 0.25) is 0 Å². The van der Waals surface area contributed by atoms with Crippen LogP contribution in [0.4, 0.5) is 17.1 Å². The van der Waals surface area contributed by atoms with E-state index >= 15 is 0 Å². The number of anilines is 1. The number of allylic oxidation sites excluding steroid dienone is 2. The van der Waals surface area contributed by atoms with Gasteiger partial charge in [-0.2, -0.15) is 5.10 Å². The molecule has 1 N–H and O–H groups in total. The average molecular weight is 290 g/mol. The fourth-order valence-electron chi connectivity index (χ4n) is 1.77. The smallest absolute Gasteiger partial charge is 0.288 e. The zero-order valence-corrected chi connectivity index (χ0v) is 10.9. The Bertz CT molecular complexity index is 708. The first-order valence-electron chi connectivity index (χ1n) is 5.87. The maximum atomic E-state index is 11.6. The van der Waals surface area contributed by atoms with Gasteiger partial charge in [0, 0.05) is 12.5 Å². The van der Waals surface area contributed by atoms with Gasteiger partial charge in [-0.3, -0.25) is 30.4 Å². The van der Waals surface area contributed by atoms with E-state index in [1.807, 2.05) is 0 Å². The van der Waals surface area contributed by atoms with Gasteiger partial charge in [-0.25, -0.2) is 0 Å². The Morgan fingerprint density at radius 3 is 2.48 bits per heavy atom. The molecule has 108 valence electrons. The fraction of sp³-hybridized carbons (Fsp3) is 0.167. The number of nitro groups is 2. The van der Waals surface area contributed by atoms with E-state index in [9.17, 15) is 25.0 Å². The van der Waals surface area contributed by atoms with Gasteiger partial charge in [-0.1, -0.05) is 6.08 Å². The third kappa shape index (κ3) is 2.91. The molecule has 0 saturated carbocycles. The molecule has 0 fully saturated rings. The van der Waals surface area contributed by atoms with Crippen molar-refractivity contribution in [3.05, 3.63) is 50.1 Å². The number of nitrogens with zero attached hydrogens (tertiary/aromatic N) is 3. The highest BCUT2D eigenvalue weighted by Crippen LogP contribution is 2.29. The minimum Gasteiger partial charge on any atom is -0.288 e. The monoisotopic (exact) mass is 290 g/mol. The predicted molar refractivity (Wildman–Crippen MR) is 74.2 cm³/mol. The van der Waals surface area contributed by atoms with Crippen LogP contribution in [0.3, 0.4) is 0 Å². The normalized spacial score (nSPS) is 16.0. The lowest BCUT2D eigenvalue weighted by molar-refractivity contribution is -0.393. The molecule has 0 saturated heterocycles. The first-order valence-corrected chi connectivity index (χ1v) is 5.87. The summed E-state index contributed by atoms with van der Waals surface area (Å²) in [5.41, 5.74) is 2.33. The molecular formula is C12H10N4O5. The summed E-state index contributed by atoms with van der Waals surface area (Å²) in [5.74, 6) is -0.230. The summed E-state index contributed by atoms with van der Waals surface area (Å²) in [6, 6.07) is 3.14. The van der Waals surface area contributed by atoms with Crippen molar-refractivity contribution in [1.29, 1.82) is 0 Å². The van der Waals surface area contributed by atoms with Crippen LogP contribution in [0.1, 0.15) is 13.3 Å². The molecule has 2 rings (SSSR count). The molecule has 0 spiro atoms. The first kappa shape index (κ1) is 14.3.